The summed E-state index contributed by atoms with van der Waals surface area (Å²) < 4.78 is 7.34. The number of hydrogen-bond acceptors (Lipinski definition) is 6. The Morgan fingerprint density at radius 3 is 3.00 bits per heavy atom. The maximum atomic E-state index is 5.35. The van der Waals surface area contributed by atoms with Crippen molar-refractivity contribution in [2.24, 2.45) is 0 Å². The van der Waals surface area contributed by atoms with Crippen LogP contribution in [0.3, 0.4) is 0 Å². The lowest BCUT2D eigenvalue weighted by atomic mass is 10.2. The summed E-state index contributed by atoms with van der Waals surface area (Å²) in [5.41, 5.74) is 0. The van der Waals surface area contributed by atoms with E-state index < -0.39 is 0 Å². The molecule has 4 rings (SSSR count). The van der Waals surface area contributed by atoms with Crippen molar-refractivity contribution in [3.63, 3.8) is 0 Å². The van der Waals surface area contributed by atoms with E-state index in [-0.39, 0.29) is 0 Å². The van der Waals surface area contributed by atoms with Gasteiger partial charge in [0, 0.05) is 37.4 Å². The molecule has 0 unspecified atom stereocenters. The first kappa shape index (κ1) is 14.8. The summed E-state index contributed by atoms with van der Waals surface area (Å²) in [6.07, 6.45) is 7.45. The fourth-order valence-electron chi connectivity index (χ4n) is 3.23. The molecule has 0 bridgehead atoms. The molecule has 124 valence electrons. The summed E-state index contributed by atoms with van der Waals surface area (Å²) in [6.45, 7) is 5.04. The fraction of sp³-hybridized carbons (Fsp3) is 0.688. The van der Waals surface area contributed by atoms with Crippen molar-refractivity contribution < 1.29 is 4.52 Å². The second-order valence-corrected chi connectivity index (χ2v) is 6.75. The quantitative estimate of drug-likeness (QED) is 0.768. The van der Waals surface area contributed by atoms with E-state index in [1.54, 1.807) is 0 Å². The lowest BCUT2D eigenvalue weighted by Gasteiger charge is -2.23. The number of hydrogen-bond donors (Lipinski definition) is 0. The summed E-state index contributed by atoms with van der Waals surface area (Å²) in [7, 11) is 2.16. The van der Waals surface area contributed by atoms with E-state index in [4.69, 9.17) is 4.52 Å². The van der Waals surface area contributed by atoms with E-state index in [2.05, 4.69) is 32.1 Å². The standard InChI is InChI=1S/C16H24N6O/c1-20(12-15-18-16(23-19-15)13-3-4-13)14-5-8-21(11-14)9-10-22-7-2-6-17-22/h2,6-7,13-14H,3-5,8-12H2,1H3/t14-/m1/s1. The Balaban J connectivity index is 1.24. The first-order chi connectivity index (χ1) is 11.3. The smallest absolute Gasteiger partial charge is 0.229 e. The van der Waals surface area contributed by atoms with Gasteiger partial charge in [-0.1, -0.05) is 5.16 Å². The van der Waals surface area contributed by atoms with Gasteiger partial charge in [-0.05, 0) is 38.9 Å². The molecule has 23 heavy (non-hydrogen) atoms. The van der Waals surface area contributed by atoms with Crippen molar-refractivity contribution >= 4 is 0 Å². The van der Waals surface area contributed by atoms with Gasteiger partial charge in [0.15, 0.2) is 5.82 Å². The Kier molecular flexibility index (Phi) is 4.13. The highest BCUT2D eigenvalue weighted by Gasteiger charge is 2.30. The SMILES string of the molecule is CN(Cc1noc(C2CC2)n1)[C@@H]1CCN(CCn2cccn2)C1. The van der Waals surface area contributed by atoms with Crippen molar-refractivity contribution in [1.29, 1.82) is 0 Å². The maximum Gasteiger partial charge on any atom is 0.229 e. The molecule has 1 aliphatic carbocycles. The second kappa shape index (κ2) is 6.41. The summed E-state index contributed by atoms with van der Waals surface area (Å²) in [4.78, 5) is 9.39. The molecule has 1 atom stereocenters. The van der Waals surface area contributed by atoms with Gasteiger partial charge in [0.1, 0.15) is 0 Å². The molecule has 7 heteroatoms. The third kappa shape index (κ3) is 3.61. The molecule has 0 N–H and O–H groups in total. The number of aromatic nitrogens is 4. The van der Waals surface area contributed by atoms with Gasteiger partial charge < -0.3 is 4.52 Å². The van der Waals surface area contributed by atoms with Crippen molar-refractivity contribution in [2.75, 3.05) is 26.7 Å². The predicted octanol–water partition coefficient (Wildman–Crippen LogP) is 1.35. The van der Waals surface area contributed by atoms with E-state index >= 15 is 0 Å². The average molecular weight is 316 g/mol. The first-order valence-electron chi connectivity index (χ1n) is 8.50. The Bertz CT molecular complexity index is 620. The maximum absolute atomic E-state index is 5.35. The van der Waals surface area contributed by atoms with Crippen LogP contribution in [0.1, 0.15) is 36.9 Å². The molecule has 0 aromatic carbocycles. The van der Waals surface area contributed by atoms with Crippen LogP contribution in [0.4, 0.5) is 0 Å². The minimum absolute atomic E-state index is 0.533. The fourth-order valence-corrected chi connectivity index (χ4v) is 3.23. The average Bonchev–Trinajstić information content (AvgIpc) is 3.00. The van der Waals surface area contributed by atoms with Gasteiger partial charge in [-0.3, -0.25) is 14.5 Å². The predicted molar refractivity (Wildman–Crippen MR) is 84.8 cm³/mol. The molecule has 3 heterocycles. The highest BCUT2D eigenvalue weighted by molar-refractivity contribution is 5.01. The molecule has 2 fully saturated rings. The second-order valence-electron chi connectivity index (χ2n) is 6.75. The van der Waals surface area contributed by atoms with Crippen molar-refractivity contribution in [2.45, 2.75) is 44.3 Å². The number of likely N-dealkylation sites (N-methyl/N-ethyl adjacent to an activating group) is 1. The molecule has 0 radical (unpaired) electrons. The molecule has 2 aromatic heterocycles. The Hall–Kier alpha value is -1.73. The molecule has 2 aliphatic rings. The monoisotopic (exact) mass is 316 g/mol. The Labute approximate surface area is 136 Å². The molecular weight excluding hydrogens is 292 g/mol. The summed E-state index contributed by atoms with van der Waals surface area (Å²) in [5.74, 6) is 2.19. The van der Waals surface area contributed by atoms with Gasteiger partial charge in [0.2, 0.25) is 5.89 Å². The highest BCUT2D eigenvalue weighted by atomic mass is 16.5. The van der Waals surface area contributed by atoms with Crippen LogP contribution in [0.2, 0.25) is 0 Å². The molecule has 1 saturated heterocycles. The van der Waals surface area contributed by atoms with Gasteiger partial charge in [-0.25, -0.2) is 0 Å². The van der Waals surface area contributed by atoms with Crippen LogP contribution in [0, 0.1) is 0 Å². The minimum Gasteiger partial charge on any atom is -0.339 e. The topological polar surface area (TPSA) is 63.2 Å². The van der Waals surface area contributed by atoms with Crippen LogP contribution in [-0.4, -0.2) is 62.4 Å². The molecule has 0 spiro atoms. The molecule has 0 amide bonds. The van der Waals surface area contributed by atoms with E-state index in [0.29, 0.717) is 12.0 Å². The van der Waals surface area contributed by atoms with Gasteiger partial charge in [-0.2, -0.15) is 10.1 Å². The molecule has 1 aliphatic heterocycles. The Morgan fingerprint density at radius 1 is 1.30 bits per heavy atom. The highest BCUT2D eigenvalue weighted by Crippen LogP contribution is 2.38. The van der Waals surface area contributed by atoms with Crippen LogP contribution in [0.15, 0.2) is 23.0 Å². The van der Waals surface area contributed by atoms with Crippen molar-refractivity contribution in [3.05, 3.63) is 30.2 Å². The summed E-state index contributed by atoms with van der Waals surface area (Å²) in [5, 5.41) is 8.39. The molecule has 1 saturated carbocycles. The normalized spacial score (nSPS) is 22.3. The van der Waals surface area contributed by atoms with Gasteiger partial charge in [0.05, 0.1) is 13.1 Å². The van der Waals surface area contributed by atoms with Crippen LogP contribution >= 0.6 is 0 Å². The summed E-state index contributed by atoms with van der Waals surface area (Å²) in [6, 6.07) is 2.54. The van der Waals surface area contributed by atoms with Crippen molar-refractivity contribution in [3.8, 4) is 0 Å². The van der Waals surface area contributed by atoms with E-state index in [0.717, 1.165) is 44.4 Å². The zero-order chi connectivity index (χ0) is 15.6. The first-order valence-corrected chi connectivity index (χ1v) is 8.50. The van der Waals surface area contributed by atoms with Crippen LogP contribution < -0.4 is 0 Å². The van der Waals surface area contributed by atoms with Crippen molar-refractivity contribution in [1.82, 2.24) is 29.7 Å². The molecular formula is C16H24N6O. The summed E-state index contributed by atoms with van der Waals surface area (Å²) >= 11 is 0. The van der Waals surface area contributed by atoms with Crippen LogP contribution in [-0.2, 0) is 13.1 Å². The number of rotatable bonds is 7. The van der Waals surface area contributed by atoms with E-state index in [1.165, 1.54) is 19.3 Å². The zero-order valence-electron chi connectivity index (χ0n) is 13.6. The lowest BCUT2D eigenvalue weighted by molar-refractivity contribution is 0.215. The Morgan fingerprint density at radius 2 is 2.22 bits per heavy atom. The number of nitrogens with zero attached hydrogens (tertiary/aromatic N) is 6. The van der Waals surface area contributed by atoms with E-state index in [9.17, 15) is 0 Å². The largest absolute Gasteiger partial charge is 0.339 e. The van der Waals surface area contributed by atoms with Gasteiger partial charge in [-0.15, -0.1) is 0 Å². The lowest BCUT2D eigenvalue weighted by Crippen LogP contribution is -2.35. The third-order valence-electron chi connectivity index (χ3n) is 4.88. The van der Waals surface area contributed by atoms with Crippen LogP contribution in [0.5, 0.6) is 0 Å². The van der Waals surface area contributed by atoms with E-state index in [1.807, 2.05) is 23.1 Å². The third-order valence-corrected chi connectivity index (χ3v) is 4.88. The number of likely N-dealkylation sites (tertiary alicyclic amines) is 1. The molecule has 7 nitrogen and oxygen atoms in total. The van der Waals surface area contributed by atoms with Gasteiger partial charge in [0.25, 0.3) is 0 Å². The zero-order valence-corrected chi connectivity index (χ0v) is 13.6. The molecule has 2 aromatic rings. The minimum atomic E-state index is 0.533. The van der Waals surface area contributed by atoms with Gasteiger partial charge >= 0.3 is 0 Å². The van der Waals surface area contributed by atoms with Crippen LogP contribution in [0.25, 0.3) is 0 Å².